The highest BCUT2D eigenvalue weighted by Gasteiger charge is 2.20. The predicted molar refractivity (Wildman–Crippen MR) is 64.9 cm³/mol. The zero-order chi connectivity index (χ0) is 10.5. The van der Waals surface area contributed by atoms with Crippen molar-refractivity contribution in [3.8, 4) is 0 Å². The van der Waals surface area contributed by atoms with Gasteiger partial charge in [0.25, 0.3) is 0 Å². The number of hydrogen-bond donors (Lipinski definition) is 2. The number of amidine groups is 1. The van der Waals surface area contributed by atoms with Crippen LogP contribution >= 0.6 is 11.8 Å². The van der Waals surface area contributed by atoms with Gasteiger partial charge in [-0.3, -0.25) is 4.99 Å². The van der Waals surface area contributed by atoms with Gasteiger partial charge in [0.15, 0.2) is 0 Å². The molecule has 2 rings (SSSR count). The summed E-state index contributed by atoms with van der Waals surface area (Å²) in [6, 6.07) is 10.8. The maximum atomic E-state index is 5.42. The van der Waals surface area contributed by atoms with Crippen LogP contribution in [-0.4, -0.2) is 17.6 Å². The van der Waals surface area contributed by atoms with Crippen LogP contribution in [0.4, 0.5) is 0 Å². The maximum Gasteiger partial charge on any atom is 0.121 e. The van der Waals surface area contributed by atoms with Crippen LogP contribution in [0, 0.1) is 0 Å². The molecule has 1 aromatic carbocycles. The molecule has 1 saturated carbocycles. The van der Waals surface area contributed by atoms with Gasteiger partial charge < -0.3 is 5.43 Å². The molecule has 4 heteroatoms. The van der Waals surface area contributed by atoms with E-state index in [-0.39, 0.29) is 0 Å². The molecule has 0 heterocycles. The van der Waals surface area contributed by atoms with Crippen molar-refractivity contribution in [1.82, 2.24) is 5.43 Å². The van der Waals surface area contributed by atoms with E-state index in [9.17, 15) is 0 Å². The highest BCUT2D eigenvalue weighted by Crippen LogP contribution is 2.24. The number of thioether (sulfide) groups is 1. The summed E-state index contributed by atoms with van der Waals surface area (Å²) in [6.07, 6.45) is 2.42. The minimum absolute atomic E-state index is 0.521. The molecule has 3 nitrogen and oxygen atoms in total. The lowest BCUT2D eigenvalue weighted by molar-refractivity contribution is 0.966. The Morgan fingerprint density at radius 2 is 2.13 bits per heavy atom. The first-order valence-electron chi connectivity index (χ1n) is 5.09. The summed E-state index contributed by atoms with van der Waals surface area (Å²) in [5, 5.41) is 0. The Hall–Kier alpha value is -1.00. The molecule has 3 N–H and O–H groups in total. The van der Waals surface area contributed by atoms with Gasteiger partial charge in [-0.2, -0.15) is 0 Å². The maximum absolute atomic E-state index is 5.42. The van der Waals surface area contributed by atoms with Crippen molar-refractivity contribution in [1.29, 1.82) is 0 Å². The van der Waals surface area contributed by atoms with E-state index in [1.54, 1.807) is 11.8 Å². The molecule has 0 spiro atoms. The molecule has 1 fully saturated rings. The van der Waals surface area contributed by atoms with Crippen LogP contribution in [0.25, 0.3) is 0 Å². The Labute approximate surface area is 94.1 Å². The van der Waals surface area contributed by atoms with E-state index >= 15 is 0 Å². The SMILES string of the molecule is NNC(CSc1ccccc1)=NC1CC1. The molecule has 1 aromatic rings. The highest BCUT2D eigenvalue weighted by molar-refractivity contribution is 8.00. The van der Waals surface area contributed by atoms with Crippen LogP contribution in [0.5, 0.6) is 0 Å². The molecule has 0 saturated heterocycles. The van der Waals surface area contributed by atoms with Gasteiger partial charge >= 0.3 is 0 Å². The average molecular weight is 221 g/mol. The molecular formula is C11H15N3S. The summed E-state index contributed by atoms with van der Waals surface area (Å²) in [5.74, 6) is 7.13. The predicted octanol–water partition coefficient (Wildman–Crippen LogP) is 1.80. The summed E-state index contributed by atoms with van der Waals surface area (Å²) in [4.78, 5) is 5.73. The molecule has 15 heavy (non-hydrogen) atoms. The zero-order valence-electron chi connectivity index (χ0n) is 8.52. The largest absolute Gasteiger partial charge is 0.312 e. The van der Waals surface area contributed by atoms with Crippen molar-refractivity contribution < 1.29 is 0 Å². The van der Waals surface area contributed by atoms with Crippen LogP contribution in [0.1, 0.15) is 12.8 Å². The number of hydrogen-bond acceptors (Lipinski definition) is 3. The van der Waals surface area contributed by atoms with E-state index < -0.39 is 0 Å². The molecule has 80 valence electrons. The lowest BCUT2D eigenvalue weighted by Crippen LogP contribution is -2.32. The minimum atomic E-state index is 0.521. The van der Waals surface area contributed by atoms with Gasteiger partial charge in [-0.25, -0.2) is 5.84 Å². The van der Waals surface area contributed by atoms with E-state index in [1.165, 1.54) is 17.7 Å². The summed E-state index contributed by atoms with van der Waals surface area (Å²) in [6.45, 7) is 0. The van der Waals surface area contributed by atoms with Crippen molar-refractivity contribution in [3.63, 3.8) is 0 Å². The van der Waals surface area contributed by atoms with E-state index in [0.717, 1.165) is 11.6 Å². The fourth-order valence-electron chi connectivity index (χ4n) is 1.21. The van der Waals surface area contributed by atoms with Gasteiger partial charge in [0.1, 0.15) is 5.84 Å². The van der Waals surface area contributed by atoms with Crippen molar-refractivity contribution in [2.45, 2.75) is 23.8 Å². The van der Waals surface area contributed by atoms with Gasteiger partial charge in [-0.15, -0.1) is 11.8 Å². The average Bonchev–Trinajstić information content (AvgIpc) is 3.09. The molecule has 0 bridgehead atoms. The number of nitrogens with two attached hydrogens (primary N) is 1. The van der Waals surface area contributed by atoms with Crippen LogP contribution in [-0.2, 0) is 0 Å². The fraction of sp³-hybridized carbons (Fsp3) is 0.364. The molecule has 1 aliphatic rings. The third kappa shape index (κ3) is 3.57. The molecule has 0 amide bonds. The molecule has 0 atom stereocenters. The first-order valence-corrected chi connectivity index (χ1v) is 6.08. The summed E-state index contributed by atoms with van der Waals surface area (Å²) in [5.41, 5.74) is 2.67. The Kier molecular flexibility index (Phi) is 3.64. The van der Waals surface area contributed by atoms with Crippen LogP contribution in [0.2, 0.25) is 0 Å². The van der Waals surface area contributed by atoms with Crippen LogP contribution in [0.3, 0.4) is 0 Å². The molecular weight excluding hydrogens is 206 g/mol. The summed E-state index contributed by atoms with van der Waals surface area (Å²) >= 11 is 1.75. The lowest BCUT2D eigenvalue weighted by Gasteiger charge is -2.05. The van der Waals surface area contributed by atoms with E-state index in [4.69, 9.17) is 5.84 Å². The van der Waals surface area contributed by atoms with Crippen molar-refractivity contribution in [2.24, 2.45) is 10.8 Å². The molecule has 0 unspecified atom stereocenters. The third-order valence-electron chi connectivity index (χ3n) is 2.17. The summed E-state index contributed by atoms with van der Waals surface area (Å²) in [7, 11) is 0. The van der Waals surface area contributed by atoms with E-state index in [0.29, 0.717) is 6.04 Å². The lowest BCUT2D eigenvalue weighted by atomic mass is 10.4. The Morgan fingerprint density at radius 1 is 1.40 bits per heavy atom. The quantitative estimate of drug-likeness (QED) is 0.268. The topological polar surface area (TPSA) is 50.4 Å². The fourth-order valence-corrected chi connectivity index (χ4v) is 2.02. The number of nitrogens with one attached hydrogen (secondary N) is 1. The monoisotopic (exact) mass is 221 g/mol. The minimum Gasteiger partial charge on any atom is -0.312 e. The number of benzene rings is 1. The van der Waals surface area contributed by atoms with Crippen molar-refractivity contribution in [3.05, 3.63) is 30.3 Å². The Balaban J connectivity index is 1.85. The summed E-state index contributed by atoms with van der Waals surface area (Å²) < 4.78 is 0. The van der Waals surface area contributed by atoms with E-state index in [1.807, 2.05) is 18.2 Å². The molecule has 0 radical (unpaired) electrons. The molecule has 0 aromatic heterocycles. The molecule has 1 aliphatic carbocycles. The Bertz CT molecular complexity index is 333. The number of hydrazine groups is 1. The molecule has 0 aliphatic heterocycles. The van der Waals surface area contributed by atoms with Gasteiger partial charge in [0.05, 0.1) is 11.8 Å². The second-order valence-electron chi connectivity index (χ2n) is 3.55. The standard InChI is InChI=1S/C11H15N3S/c12-14-11(13-9-6-7-9)8-15-10-4-2-1-3-5-10/h1-5,9H,6-8,12H2,(H,13,14). The van der Waals surface area contributed by atoms with Gasteiger partial charge in [-0.05, 0) is 25.0 Å². The second-order valence-corrected chi connectivity index (χ2v) is 4.60. The van der Waals surface area contributed by atoms with E-state index in [2.05, 4.69) is 22.6 Å². The number of rotatable bonds is 4. The number of nitrogens with zero attached hydrogens (tertiary/aromatic N) is 1. The normalized spacial score (nSPS) is 16.5. The third-order valence-corrected chi connectivity index (χ3v) is 3.19. The van der Waals surface area contributed by atoms with Gasteiger partial charge in [-0.1, -0.05) is 18.2 Å². The van der Waals surface area contributed by atoms with Crippen molar-refractivity contribution >= 4 is 17.6 Å². The zero-order valence-corrected chi connectivity index (χ0v) is 9.33. The highest BCUT2D eigenvalue weighted by atomic mass is 32.2. The van der Waals surface area contributed by atoms with Crippen LogP contribution in [0.15, 0.2) is 40.2 Å². The first-order chi connectivity index (χ1) is 7.38. The van der Waals surface area contributed by atoms with Gasteiger partial charge in [0.2, 0.25) is 0 Å². The van der Waals surface area contributed by atoms with Crippen LogP contribution < -0.4 is 11.3 Å². The van der Waals surface area contributed by atoms with Crippen molar-refractivity contribution in [2.75, 3.05) is 5.75 Å². The van der Waals surface area contributed by atoms with Gasteiger partial charge in [0, 0.05) is 4.90 Å². The second kappa shape index (κ2) is 5.19. The smallest absolute Gasteiger partial charge is 0.121 e. The first kappa shape index (κ1) is 10.5. The Morgan fingerprint density at radius 3 is 2.73 bits per heavy atom. The number of aliphatic imine (C=N–C) groups is 1.